The second-order valence-electron chi connectivity index (χ2n) is 8.01. The molecule has 4 rings (SSSR count). The van der Waals surface area contributed by atoms with E-state index in [2.05, 4.69) is 41.3 Å². The van der Waals surface area contributed by atoms with E-state index in [0.29, 0.717) is 24.2 Å². The first-order valence-electron chi connectivity index (χ1n) is 10.9. The van der Waals surface area contributed by atoms with Crippen LogP contribution in [0.15, 0.2) is 53.1 Å². The Morgan fingerprint density at radius 2 is 1.59 bits per heavy atom. The fraction of sp³-hybridized carbons (Fsp3) is 0.440. The Morgan fingerprint density at radius 3 is 2.24 bits per heavy atom. The molecule has 1 aliphatic carbocycles. The third-order valence-corrected chi connectivity index (χ3v) is 6.02. The molecular weight excluding hydrogens is 360 g/mol. The third kappa shape index (κ3) is 4.69. The van der Waals surface area contributed by atoms with Gasteiger partial charge in [-0.15, -0.1) is 0 Å². The van der Waals surface area contributed by atoms with E-state index >= 15 is 0 Å². The molecule has 3 aromatic rings. The van der Waals surface area contributed by atoms with E-state index in [-0.39, 0.29) is 0 Å². The second kappa shape index (κ2) is 9.25. The second-order valence-corrected chi connectivity index (χ2v) is 8.01. The third-order valence-electron chi connectivity index (χ3n) is 6.02. The standard InChI is InChI=1S/C25H30N2O2/c1-3-5-18-6-8-19(9-7-18)20-10-12-21(13-11-20)24-26-25(29-27-24)22-14-16-23(17-15-22)28-4-2/h10-19H,3-9H2,1-2H3. The zero-order valence-corrected chi connectivity index (χ0v) is 17.4. The number of ether oxygens (including phenoxy) is 1. The van der Waals surface area contributed by atoms with Crippen LogP contribution >= 0.6 is 0 Å². The summed E-state index contributed by atoms with van der Waals surface area (Å²) in [5, 5.41) is 4.18. The number of nitrogens with zero attached hydrogens (tertiary/aromatic N) is 2. The fourth-order valence-corrected chi connectivity index (χ4v) is 4.42. The molecule has 1 heterocycles. The zero-order valence-electron chi connectivity index (χ0n) is 17.4. The van der Waals surface area contributed by atoms with Gasteiger partial charge in [-0.3, -0.25) is 0 Å². The highest BCUT2D eigenvalue weighted by molar-refractivity contribution is 5.60. The number of rotatable bonds is 7. The molecule has 0 saturated heterocycles. The minimum atomic E-state index is 0.529. The lowest BCUT2D eigenvalue weighted by Crippen LogP contribution is -2.13. The first kappa shape index (κ1) is 19.7. The molecule has 0 N–H and O–H groups in total. The molecule has 1 aliphatic rings. The van der Waals surface area contributed by atoms with Gasteiger partial charge in [-0.1, -0.05) is 49.2 Å². The zero-order chi connectivity index (χ0) is 20.1. The van der Waals surface area contributed by atoms with E-state index < -0.39 is 0 Å². The van der Waals surface area contributed by atoms with Crippen LogP contribution in [0.4, 0.5) is 0 Å². The van der Waals surface area contributed by atoms with Gasteiger partial charge in [-0.25, -0.2) is 0 Å². The minimum Gasteiger partial charge on any atom is -0.494 e. The van der Waals surface area contributed by atoms with Crippen molar-refractivity contribution in [2.24, 2.45) is 5.92 Å². The van der Waals surface area contributed by atoms with Crippen LogP contribution in [0, 0.1) is 5.92 Å². The van der Waals surface area contributed by atoms with Gasteiger partial charge in [-0.2, -0.15) is 4.98 Å². The minimum absolute atomic E-state index is 0.529. The van der Waals surface area contributed by atoms with Crippen LogP contribution in [0.25, 0.3) is 22.8 Å². The summed E-state index contributed by atoms with van der Waals surface area (Å²) in [7, 11) is 0. The van der Waals surface area contributed by atoms with E-state index in [9.17, 15) is 0 Å². The van der Waals surface area contributed by atoms with Gasteiger partial charge < -0.3 is 9.26 Å². The predicted octanol–water partition coefficient (Wildman–Crippen LogP) is 6.88. The Hall–Kier alpha value is -2.62. The van der Waals surface area contributed by atoms with Crippen LogP contribution in [0.1, 0.15) is 63.9 Å². The lowest BCUT2D eigenvalue weighted by molar-refractivity contribution is 0.308. The molecular formula is C25H30N2O2. The largest absolute Gasteiger partial charge is 0.494 e. The molecule has 29 heavy (non-hydrogen) atoms. The van der Waals surface area contributed by atoms with Gasteiger partial charge in [0.2, 0.25) is 5.82 Å². The van der Waals surface area contributed by atoms with Crippen molar-refractivity contribution in [2.45, 2.75) is 58.3 Å². The van der Waals surface area contributed by atoms with E-state index in [1.165, 1.54) is 44.1 Å². The lowest BCUT2D eigenvalue weighted by Gasteiger charge is -2.28. The molecule has 1 fully saturated rings. The molecule has 0 aliphatic heterocycles. The van der Waals surface area contributed by atoms with Crippen LogP contribution in [-0.2, 0) is 0 Å². The quantitative estimate of drug-likeness (QED) is 0.441. The predicted molar refractivity (Wildman–Crippen MR) is 116 cm³/mol. The summed E-state index contributed by atoms with van der Waals surface area (Å²) >= 11 is 0. The summed E-state index contributed by atoms with van der Waals surface area (Å²) in [5.41, 5.74) is 3.33. The van der Waals surface area contributed by atoms with E-state index in [0.717, 1.165) is 22.8 Å². The Bertz CT molecular complexity index is 891. The Kier molecular flexibility index (Phi) is 6.28. The monoisotopic (exact) mass is 390 g/mol. The van der Waals surface area contributed by atoms with E-state index in [4.69, 9.17) is 9.26 Å². The fourth-order valence-electron chi connectivity index (χ4n) is 4.42. The number of hydrogen-bond acceptors (Lipinski definition) is 4. The maximum atomic E-state index is 5.48. The first-order valence-corrected chi connectivity index (χ1v) is 10.9. The van der Waals surface area contributed by atoms with Gasteiger partial charge in [0.1, 0.15) is 5.75 Å². The van der Waals surface area contributed by atoms with Crippen molar-refractivity contribution in [1.82, 2.24) is 10.1 Å². The Balaban J connectivity index is 1.42. The number of benzene rings is 2. The highest BCUT2D eigenvalue weighted by Crippen LogP contribution is 2.38. The van der Waals surface area contributed by atoms with Crippen molar-refractivity contribution >= 4 is 0 Å². The highest BCUT2D eigenvalue weighted by Gasteiger charge is 2.22. The van der Waals surface area contributed by atoms with Crippen molar-refractivity contribution in [1.29, 1.82) is 0 Å². The topological polar surface area (TPSA) is 48.2 Å². The van der Waals surface area contributed by atoms with Gasteiger partial charge in [0.25, 0.3) is 5.89 Å². The molecule has 0 bridgehead atoms. The van der Waals surface area contributed by atoms with E-state index in [1.807, 2.05) is 31.2 Å². The van der Waals surface area contributed by atoms with Gasteiger partial charge >= 0.3 is 0 Å². The van der Waals surface area contributed by atoms with Crippen molar-refractivity contribution in [3.63, 3.8) is 0 Å². The average Bonchev–Trinajstić information content (AvgIpc) is 3.26. The van der Waals surface area contributed by atoms with Crippen molar-refractivity contribution in [2.75, 3.05) is 6.61 Å². The molecule has 4 nitrogen and oxygen atoms in total. The lowest BCUT2D eigenvalue weighted by atomic mass is 9.77. The molecule has 4 heteroatoms. The SMILES string of the molecule is CCCC1CCC(c2ccc(-c3noc(-c4ccc(OCC)cc4)n3)cc2)CC1. The molecule has 1 saturated carbocycles. The van der Waals surface area contributed by atoms with Crippen LogP contribution in [-0.4, -0.2) is 16.7 Å². The normalized spacial score (nSPS) is 19.2. The van der Waals surface area contributed by atoms with Crippen molar-refractivity contribution in [3.8, 4) is 28.6 Å². The maximum Gasteiger partial charge on any atom is 0.258 e. The van der Waals surface area contributed by atoms with Crippen LogP contribution < -0.4 is 4.74 Å². The molecule has 0 unspecified atom stereocenters. The van der Waals surface area contributed by atoms with E-state index in [1.54, 1.807) is 0 Å². The van der Waals surface area contributed by atoms with Gasteiger partial charge in [0, 0.05) is 11.1 Å². The van der Waals surface area contributed by atoms with Crippen LogP contribution in [0.3, 0.4) is 0 Å². The Labute approximate surface area is 173 Å². The van der Waals surface area contributed by atoms with Crippen molar-refractivity contribution in [3.05, 3.63) is 54.1 Å². The summed E-state index contributed by atoms with van der Waals surface area (Å²) < 4.78 is 11.0. The first-order chi connectivity index (χ1) is 14.3. The summed E-state index contributed by atoms with van der Waals surface area (Å²) in [4.78, 5) is 4.58. The summed E-state index contributed by atoms with van der Waals surface area (Å²) in [6, 6.07) is 16.5. The van der Waals surface area contributed by atoms with Crippen molar-refractivity contribution < 1.29 is 9.26 Å². The molecule has 0 radical (unpaired) electrons. The number of aromatic nitrogens is 2. The van der Waals surface area contributed by atoms with Crippen LogP contribution in [0.5, 0.6) is 5.75 Å². The highest BCUT2D eigenvalue weighted by atomic mass is 16.5. The summed E-state index contributed by atoms with van der Waals surface area (Å²) in [6.07, 6.45) is 8.07. The summed E-state index contributed by atoms with van der Waals surface area (Å²) in [5.74, 6) is 3.64. The van der Waals surface area contributed by atoms with Gasteiger partial charge in [-0.05, 0) is 74.3 Å². The van der Waals surface area contributed by atoms with Gasteiger partial charge in [0.05, 0.1) is 6.61 Å². The molecule has 152 valence electrons. The molecule has 0 atom stereocenters. The molecule has 2 aromatic carbocycles. The molecule has 0 amide bonds. The smallest absolute Gasteiger partial charge is 0.258 e. The average molecular weight is 391 g/mol. The molecule has 1 aromatic heterocycles. The Morgan fingerprint density at radius 1 is 0.897 bits per heavy atom. The number of hydrogen-bond donors (Lipinski definition) is 0. The van der Waals surface area contributed by atoms with Crippen LogP contribution in [0.2, 0.25) is 0 Å². The summed E-state index contributed by atoms with van der Waals surface area (Å²) in [6.45, 7) is 4.92. The maximum absolute atomic E-state index is 5.48. The molecule has 0 spiro atoms. The van der Waals surface area contributed by atoms with Gasteiger partial charge in [0.15, 0.2) is 0 Å².